The molecular formula is C21H20F3N3O2. The van der Waals surface area contributed by atoms with Crippen molar-refractivity contribution < 1.29 is 22.8 Å². The Morgan fingerprint density at radius 3 is 2.45 bits per heavy atom. The van der Waals surface area contributed by atoms with Gasteiger partial charge in [-0.15, -0.1) is 0 Å². The summed E-state index contributed by atoms with van der Waals surface area (Å²) in [6.45, 7) is 5.19. The second-order valence-corrected chi connectivity index (χ2v) is 6.98. The largest absolute Gasteiger partial charge is 0.326 e. The predicted octanol–water partition coefficient (Wildman–Crippen LogP) is 4.49. The van der Waals surface area contributed by atoms with Crippen LogP contribution in [0.4, 0.5) is 23.7 Å². The molecule has 2 aromatic carbocycles. The van der Waals surface area contributed by atoms with E-state index in [1.54, 1.807) is 26.8 Å². The molecule has 3 amide bonds. The lowest BCUT2D eigenvalue weighted by Crippen LogP contribution is -2.50. The van der Waals surface area contributed by atoms with Crippen molar-refractivity contribution >= 4 is 17.6 Å². The molecule has 0 aliphatic carbocycles. The minimum Gasteiger partial charge on any atom is -0.326 e. The Labute approximate surface area is 166 Å². The third-order valence-corrected chi connectivity index (χ3v) is 4.65. The van der Waals surface area contributed by atoms with Gasteiger partial charge in [-0.3, -0.25) is 9.69 Å². The predicted molar refractivity (Wildman–Crippen MR) is 102 cm³/mol. The molecule has 1 heterocycles. The van der Waals surface area contributed by atoms with E-state index in [4.69, 9.17) is 0 Å². The Bertz CT molecular complexity index is 1000. The standard InChI is InChI=1S/C21H20F3N3O2/c1-11(2)27-12(3)18(20(28)25-15-7-8-16(23)17(24)10-15)19(26-21(27)29)13-5-4-6-14(22)9-13/h4-11,19H,1-3H3,(H,25,28)(H,26,29)/t19-/m0/s1. The molecule has 0 saturated carbocycles. The molecule has 8 heteroatoms. The normalized spacial score (nSPS) is 16.9. The lowest BCUT2D eigenvalue weighted by Gasteiger charge is -2.38. The Hall–Kier alpha value is -3.29. The van der Waals surface area contributed by atoms with Crippen LogP contribution in [0, 0.1) is 17.5 Å². The van der Waals surface area contributed by atoms with E-state index in [2.05, 4.69) is 10.6 Å². The van der Waals surface area contributed by atoms with Crippen LogP contribution in [-0.2, 0) is 4.79 Å². The number of amides is 3. The van der Waals surface area contributed by atoms with Crippen LogP contribution in [0.5, 0.6) is 0 Å². The third kappa shape index (κ3) is 4.11. The van der Waals surface area contributed by atoms with Gasteiger partial charge in [0.15, 0.2) is 11.6 Å². The van der Waals surface area contributed by atoms with Gasteiger partial charge >= 0.3 is 6.03 Å². The third-order valence-electron chi connectivity index (χ3n) is 4.65. The monoisotopic (exact) mass is 403 g/mol. The summed E-state index contributed by atoms with van der Waals surface area (Å²) in [5.41, 5.74) is 1.00. The molecule has 152 valence electrons. The van der Waals surface area contributed by atoms with Crippen LogP contribution in [0.3, 0.4) is 0 Å². The number of benzene rings is 2. The number of nitrogens with zero attached hydrogens (tertiary/aromatic N) is 1. The van der Waals surface area contributed by atoms with E-state index >= 15 is 0 Å². The Kier molecular flexibility index (Phi) is 5.63. The van der Waals surface area contributed by atoms with E-state index < -0.39 is 35.4 Å². The molecule has 1 atom stereocenters. The van der Waals surface area contributed by atoms with Gasteiger partial charge in [-0.25, -0.2) is 18.0 Å². The summed E-state index contributed by atoms with van der Waals surface area (Å²) >= 11 is 0. The highest BCUT2D eigenvalue weighted by atomic mass is 19.2. The highest BCUT2D eigenvalue weighted by molar-refractivity contribution is 6.06. The number of carbonyl (C=O) groups excluding carboxylic acids is 2. The van der Waals surface area contributed by atoms with Crippen molar-refractivity contribution in [2.24, 2.45) is 0 Å². The van der Waals surface area contributed by atoms with E-state index in [9.17, 15) is 22.8 Å². The average Bonchev–Trinajstić information content (AvgIpc) is 2.63. The fourth-order valence-electron chi connectivity index (χ4n) is 3.38. The van der Waals surface area contributed by atoms with Crippen LogP contribution in [-0.4, -0.2) is 22.9 Å². The molecule has 0 fully saturated rings. The number of nitrogens with one attached hydrogen (secondary N) is 2. The first-order valence-electron chi connectivity index (χ1n) is 9.01. The first-order chi connectivity index (χ1) is 13.7. The van der Waals surface area contributed by atoms with Gasteiger partial charge in [0.05, 0.1) is 11.6 Å². The van der Waals surface area contributed by atoms with Crippen LogP contribution in [0.1, 0.15) is 32.4 Å². The Balaban J connectivity index is 2.05. The Morgan fingerprint density at radius 1 is 1.10 bits per heavy atom. The first kappa shape index (κ1) is 20.4. The van der Waals surface area contributed by atoms with Crippen LogP contribution in [0.2, 0.25) is 0 Å². The Morgan fingerprint density at radius 2 is 1.83 bits per heavy atom. The smallest absolute Gasteiger partial charge is 0.322 e. The van der Waals surface area contributed by atoms with Gasteiger partial charge in [-0.2, -0.15) is 0 Å². The van der Waals surface area contributed by atoms with Gasteiger partial charge in [0, 0.05) is 23.5 Å². The van der Waals surface area contributed by atoms with Crippen molar-refractivity contribution in [3.05, 3.63) is 76.7 Å². The van der Waals surface area contributed by atoms with Crippen molar-refractivity contribution in [3.8, 4) is 0 Å². The van der Waals surface area contributed by atoms with Crippen molar-refractivity contribution in [1.29, 1.82) is 0 Å². The molecule has 1 aliphatic rings. The maximum atomic E-state index is 13.8. The summed E-state index contributed by atoms with van der Waals surface area (Å²) in [7, 11) is 0. The second-order valence-electron chi connectivity index (χ2n) is 6.98. The van der Waals surface area contributed by atoms with E-state index in [1.165, 1.54) is 29.2 Å². The molecule has 0 saturated heterocycles. The first-order valence-corrected chi connectivity index (χ1v) is 9.01. The fourth-order valence-corrected chi connectivity index (χ4v) is 3.38. The van der Waals surface area contributed by atoms with Gasteiger partial charge in [0.2, 0.25) is 0 Å². The number of halogens is 3. The maximum Gasteiger partial charge on any atom is 0.322 e. The van der Waals surface area contributed by atoms with Crippen molar-refractivity contribution in [2.45, 2.75) is 32.9 Å². The molecule has 5 nitrogen and oxygen atoms in total. The van der Waals surface area contributed by atoms with E-state index in [1.807, 2.05) is 0 Å². The SMILES string of the molecule is CC1=C(C(=O)Nc2ccc(F)c(F)c2)[C@H](c2cccc(F)c2)NC(=O)N1C(C)C. The zero-order chi connectivity index (χ0) is 21.3. The van der Waals surface area contributed by atoms with Gasteiger partial charge in [0.1, 0.15) is 5.82 Å². The quantitative estimate of drug-likeness (QED) is 0.790. The van der Waals surface area contributed by atoms with Crippen LogP contribution in [0.15, 0.2) is 53.7 Å². The minimum absolute atomic E-state index is 0.0557. The van der Waals surface area contributed by atoms with Crippen LogP contribution in [0.25, 0.3) is 0 Å². The summed E-state index contributed by atoms with van der Waals surface area (Å²) in [5.74, 6) is -3.27. The van der Waals surface area contributed by atoms with E-state index in [0.717, 1.165) is 12.1 Å². The summed E-state index contributed by atoms with van der Waals surface area (Å²) in [6.07, 6.45) is 0. The number of urea groups is 1. The molecule has 1 aliphatic heterocycles. The number of hydrogen-bond acceptors (Lipinski definition) is 2. The van der Waals surface area contributed by atoms with Gasteiger partial charge in [0.25, 0.3) is 5.91 Å². The summed E-state index contributed by atoms with van der Waals surface area (Å²) in [6, 6.07) is 6.99. The van der Waals surface area contributed by atoms with Crippen LogP contribution < -0.4 is 10.6 Å². The summed E-state index contributed by atoms with van der Waals surface area (Å²) in [4.78, 5) is 27.1. The lowest BCUT2D eigenvalue weighted by molar-refractivity contribution is -0.113. The summed E-state index contributed by atoms with van der Waals surface area (Å²) in [5, 5.41) is 5.25. The highest BCUT2D eigenvalue weighted by Gasteiger charge is 2.36. The molecule has 0 bridgehead atoms. The number of carbonyl (C=O) groups is 2. The molecule has 3 rings (SSSR count). The molecule has 2 N–H and O–H groups in total. The number of anilines is 1. The van der Waals surface area contributed by atoms with Gasteiger partial charge in [-0.1, -0.05) is 12.1 Å². The minimum atomic E-state index is -1.10. The van der Waals surface area contributed by atoms with Crippen molar-refractivity contribution in [2.75, 3.05) is 5.32 Å². The number of rotatable bonds is 4. The number of hydrogen-bond donors (Lipinski definition) is 2. The molecule has 29 heavy (non-hydrogen) atoms. The molecule has 0 unspecified atom stereocenters. The zero-order valence-corrected chi connectivity index (χ0v) is 16.1. The molecule has 0 aromatic heterocycles. The lowest BCUT2D eigenvalue weighted by atomic mass is 9.93. The topological polar surface area (TPSA) is 61.4 Å². The molecular weight excluding hydrogens is 383 g/mol. The van der Waals surface area contributed by atoms with Gasteiger partial charge in [-0.05, 0) is 50.6 Å². The molecule has 2 aromatic rings. The molecule has 0 spiro atoms. The summed E-state index contributed by atoms with van der Waals surface area (Å²) < 4.78 is 40.4. The second kappa shape index (κ2) is 7.98. The van der Waals surface area contributed by atoms with Crippen molar-refractivity contribution in [1.82, 2.24) is 10.2 Å². The molecule has 0 radical (unpaired) electrons. The van der Waals surface area contributed by atoms with Crippen LogP contribution >= 0.6 is 0 Å². The van der Waals surface area contributed by atoms with E-state index in [0.29, 0.717) is 11.3 Å². The van der Waals surface area contributed by atoms with Gasteiger partial charge < -0.3 is 10.6 Å². The zero-order valence-electron chi connectivity index (χ0n) is 16.1. The number of allylic oxidation sites excluding steroid dienone is 1. The maximum absolute atomic E-state index is 13.8. The average molecular weight is 403 g/mol. The fraction of sp³-hybridized carbons (Fsp3) is 0.238. The van der Waals surface area contributed by atoms with E-state index in [-0.39, 0.29) is 17.3 Å². The van der Waals surface area contributed by atoms with Crippen molar-refractivity contribution in [3.63, 3.8) is 0 Å². The highest BCUT2D eigenvalue weighted by Crippen LogP contribution is 2.32.